The fourth-order valence-corrected chi connectivity index (χ4v) is 3.41. The lowest BCUT2D eigenvalue weighted by molar-refractivity contribution is 0.214. The molecular weight excluding hydrogens is 304 g/mol. The fourth-order valence-electron chi connectivity index (χ4n) is 2.91. The van der Waals surface area contributed by atoms with Gasteiger partial charge >= 0.3 is 0 Å². The molecule has 0 amide bonds. The summed E-state index contributed by atoms with van der Waals surface area (Å²) in [5.74, 6) is 1.74. The topological polar surface area (TPSA) is 46.6 Å². The van der Waals surface area contributed by atoms with E-state index in [0.717, 1.165) is 36.3 Å². The smallest absolute Gasteiger partial charge is 0.132 e. The molecule has 0 aromatic carbocycles. The van der Waals surface area contributed by atoms with E-state index in [4.69, 9.17) is 10.7 Å². The second kappa shape index (κ2) is 5.61. The molecule has 1 fully saturated rings. The lowest BCUT2D eigenvalue weighted by atomic mass is 9.96. The molecule has 5 heteroatoms. The first kappa shape index (κ1) is 13.1. The predicted octanol–water partition coefficient (Wildman–Crippen LogP) is 2.23. The van der Waals surface area contributed by atoms with Gasteiger partial charge in [0.25, 0.3) is 0 Å². The van der Waals surface area contributed by atoms with Gasteiger partial charge < -0.3 is 15.0 Å². The molecule has 0 unspecified atom stereocenters. The molecule has 1 aliphatic rings. The van der Waals surface area contributed by atoms with E-state index in [1.54, 1.807) is 0 Å². The summed E-state index contributed by atoms with van der Waals surface area (Å²) in [6.07, 6.45) is 4.44. The molecule has 2 aromatic rings. The maximum absolute atomic E-state index is 5.62. The third-order valence-electron chi connectivity index (χ3n) is 3.93. The summed E-state index contributed by atoms with van der Waals surface area (Å²) in [6, 6.07) is 6.22. The highest BCUT2D eigenvalue weighted by Crippen LogP contribution is 2.30. The van der Waals surface area contributed by atoms with Crippen LogP contribution < -0.4 is 5.73 Å². The van der Waals surface area contributed by atoms with Gasteiger partial charge in [0.05, 0.1) is 5.52 Å². The highest BCUT2D eigenvalue weighted by molar-refractivity contribution is 9.10. The minimum Gasteiger partial charge on any atom is -0.329 e. The number of fused-ring (bicyclic) bond motifs is 1. The van der Waals surface area contributed by atoms with Gasteiger partial charge in [0.2, 0.25) is 0 Å². The summed E-state index contributed by atoms with van der Waals surface area (Å²) in [7, 11) is 0. The molecule has 1 aliphatic heterocycles. The van der Waals surface area contributed by atoms with E-state index in [1.165, 1.54) is 18.7 Å². The van der Waals surface area contributed by atoms with Crippen LogP contribution in [0.2, 0.25) is 0 Å². The van der Waals surface area contributed by atoms with Crippen LogP contribution >= 0.6 is 15.9 Å². The van der Waals surface area contributed by atoms with Gasteiger partial charge in [0.15, 0.2) is 0 Å². The second-order valence-corrected chi connectivity index (χ2v) is 5.87. The molecule has 0 atom stereocenters. The van der Waals surface area contributed by atoms with Crippen molar-refractivity contribution in [2.45, 2.75) is 18.8 Å². The van der Waals surface area contributed by atoms with E-state index in [9.17, 15) is 0 Å². The molecule has 3 rings (SSSR count). The number of imidazole rings is 1. The Bertz CT molecular complexity index is 558. The molecule has 102 valence electrons. The van der Waals surface area contributed by atoms with Crippen molar-refractivity contribution >= 4 is 21.4 Å². The normalized spacial score (nSPS) is 18.2. The average molecular weight is 323 g/mol. The number of halogens is 1. The Morgan fingerprint density at radius 2 is 2.11 bits per heavy atom. The van der Waals surface area contributed by atoms with Gasteiger partial charge in [-0.3, -0.25) is 0 Å². The minimum atomic E-state index is 0.551. The number of hydrogen-bond donors (Lipinski definition) is 1. The van der Waals surface area contributed by atoms with Crippen molar-refractivity contribution < 1.29 is 0 Å². The van der Waals surface area contributed by atoms with Gasteiger partial charge in [-0.15, -0.1) is 0 Å². The molecule has 0 bridgehead atoms. The summed E-state index contributed by atoms with van der Waals surface area (Å²) in [4.78, 5) is 7.17. The summed E-state index contributed by atoms with van der Waals surface area (Å²) in [5.41, 5.74) is 6.77. The lowest BCUT2D eigenvalue weighted by Gasteiger charge is -2.30. The Hall–Kier alpha value is -0.910. The van der Waals surface area contributed by atoms with Crippen molar-refractivity contribution in [2.75, 3.05) is 26.2 Å². The minimum absolute atomic E-state index is 0.551. The van der Waals surface area contributed by atoms with Gasteiger partial charge in [-0.1, -0.05) is 6.07 Å². The van der Waals surface area contributed by atoms with Crippen LogP contribution in [0.25, 0.3) is 5.52 Å². The zero-order chi connectivity index (χ0) is 13.2. The van der Waals surface area contributed by atoms with Crippen LogP contribution in [0.15, 0.2) is 29.0 Å². The van der Waals surface area contributed by atoms with Gasteiger partial charge in [-0.25, -0.2) is 4.98 Å². The molecule has 2 N–H and O–H groups in total. The molecular formula is C14H19BrN4. The summed E-state index contributed by atoms with van der Waals surface area (Å²) < 4.78 is 3.17. The Balaban J connectivity index is 1.82. The molecule has 3 heterocycles. The Labute approximate surface area is 121 Å². The first-order chi connectivity index (χ1) is 9.29. The van der Waals surface area contributed by atoms with Gasteiger partial charge in [-0.05, 0) is 54.0 Å². The lowest BCUT2D eigenvalue weighted by Crippen LogP contribution is -2.36. The monoisotopic (exact) mass is 322 g/mol. The van der Waals surface area contributed by atoms with E-state index in [1.807, 2.05) is 0 Å². The molecule has 0 spiro atoms. The van der Waals surface area contributed by atoms with Crippen molar-refractivity contribution in [2.24, 2.45) is 5.73 Å². The number of aromatic nitrogens is 2. The van der Waals surface area contributed by atoms with Gasteiger partial charge in [0, 0.05) is 25.2 Å². The SMILES string of the molecule is NCCN1CCC(c2nc(Br)c3ccccn23)CC1. The zero-order valence-electron chi connectivity index (χ0n) is 10.9. The van der Waals surface area contributed by atoms with E-state index < -0.39 is 0 Å². The molecule has 1 saturated heterocycles. The average Bonchev–Trinajstić information content (AvgIpc) is 2.78. The van der Waals surface area contributed by atoms with Crippen LogP contribution in [0.1, 0.15) is 24.6 Å². The number of likely N-dealkylation sites (tertiary alicyclic amines) is 1. The molecule has 0 radical (unpaired) electrons. The number of nitrogens with zero attached hydrogens (tertiary/aromatic N) is 3. The van der Waals surface area contributed by atoms with E-state index in [-0.39, 0.29) is 0 Å². The number of hydrogen-bond acceptors (Lipinski definition) is 3. The first-order valence-corrected chi connectivity index (χ1v) is 7.64. The Kier molecular flexibility index (Phi) is 3.86. The maximum Gasteiger partial charge on any atom is 0.132 e. The van der Waals surface area contributed by atoms with Crippen molar-refractivity contribution in [1.82, 2.24) is 14.3 Å². The molecule has 19 heavy (non-hydrogen) atoms. The summed E-state index contributed by atoms with van der Waals surface area (Å²) in [5, 5.41) is 0. The van der Waals surface area contributed by atoms with Crippen molar-refractivity contribution in [1.29, 1.82) is 0 Å². The van der Waals surface area contributed by atoms with Gasteiger partial charge in [0.1, 0.15) is 10.4 Å². The third-order valence-corrected chi connectivity index (χ3v) is 4.51. The number of nitrogens with two attached hydrogens (primary N) is 1. The molecule has 0 saturated carbocycles. The number of pyridine rings is 1. The standard InChI is InChI=1S/C14H19BrN4/c15-13-12-3-1-2-7-19(12)14(17-13)11-4-8-18(9-5-11)10-6-16/h1-3,7,11H,4-6,8-10,16H2. The van der Waals surface area contributed by atoms with Crippen molar-refractivity contribution in [3.8, 4) is 0 Å². The molecule has 0 aliphatic carbocycles. The Morgan fingerprint density at radius 3 is 2.84 bits per heavy atom. The maximum atomic E-state index is 5.62. The van der Waals surface area contributed by atoms with Crippen LogP contribution in [-0.2, 0) is 0 Å². The largest absolute Gasteiger partial charge is 0.329 e. The van der Waals surface area contributed by atoms with Crippen molar-refractivity contribution in [3.05, 3.63) is 34.8 Å². The summed E-state index contributed by atoms with van der Waals surface area (Å²) >= 11 is 3.56. The predicted molar refractivity (Wildman–Crippen MR) is 80.4 cm³/mol. The quantitative estimate of drug-likeness (QED) is 0.942. The van der Waals surface area contributed by atoms with Gasteiger partial charge in [-0.2, -0.15) is 0 Å². The Morgan fingerprint density at radius 1 is 1.32 bits per heavy atom. The molecule has 4 nitrogen and oxygen atoms in total. The van der Waals surface area contributed by atoms with E-state index >= 15 is 0 Å². The fraction of sp³-hybridized carbons (Fsp3) is 0.500. The number of piperidine rings is 1. The van der Waals surface area contributed by atoms with E-state index in [0.29, 0.717) is 5.92 Å². The first-order valence-electron chi connectivity index (χ1n) is 6.84. The van der Waals surface area contributed by atoms with Crippen LogP contribution in [-0.4, -0.2) is 40.5 Å². The van der Waals surface area contributed by atoms with Crippen LogP contribution in [0.3, 0.4) is 0 Å². The van der Waals surface area contributed by atoms with Crippen LogP contribution in [0.5, 0.6) is 0 Å². The second-order valence-electron chi connectivity index (χ2n) is 5.12. The highest BCUT2D eigenvalue weighted by Gasteiger charge is 2.24. The highest BCUT2D eigenvalue weighted by atomic mass is 79.9. The van der Waals surface area contributed by atoms with E-state index in [2.05, 4.69) is 49.6 Å². The van der Waals surface area contributed by atoms with Crippen LogP contribution in [0.4, 0.5) is 0 Å². The number of rotatable bonds is 3. The van der Waals surface area contributed by atoms with Crippen molar-refractivity contribution in [3.63, 3.8) is 0 Å². The zero-order valence-corrected chi connectivity index (χ0v) is 12.5. The van der Waals surface area contributed by atoms with Crippen LogP contribution in [0, 0.1) is 0 Å². The third kappa shape index (κ3) is 2.55. The summed E-state index contributed by atoms with van der Waals surface area (Å²) in [6.45, 7) is 4.02. The molecule has 2 aromatic heterocycles.